The van der Waals surface area contributed by atoms with Gasteiger partial charge in [0.05, 0.1) is 5.71 Å². The van der Waals surface area contributed by atoms with Gasteiger partial charge < -0.3 is 25.4 Å². The molecule has 1 aromatic heterocycles. The van der Waals surface area contributed by atoms with Crippen LogP contribution in [0, 0.1) is 40.9 Å². The molecule has 6 rings (SSSR count). The quantitative estimate of drug-likeness (QED) is 0.276. The second kappa shape index (κ2) is 10.6. The van der Waals surface area contributed by atoms with E-state index in [0.717, 1.165) is 67.1 Å². The summed E-state index contributed by atoms with van der Waals surface area (Å²) in [6, 6.07) is 6.59. The number of allylic oxidation sites excluding steroid dienone is 2. The topological polar surface area (TPSA) is 124 Å². The van der Waals surface area contributed by atoms with Crippen LogP contribution in [0.3, 0.4) is 0 Å². The van der Waals surface area contributed by atoms with Gasteiger partial charge in [0.2, 0.25) is 0 Å². The molecule has 0 unspecified atom stereocenters. The Morgan fingerprint density at radius 2 is 1.95 bits per heavy atom. The molecule has 8 heteroatoms. The van der Waals surface area contributed by atoms with Crippen LogP contribution in [-0.4, -0.2) is 51.0 Å². The number of carbonyl (C=O) groups is 2. The van der Waals surface area contributed by atoms with E-state index in [1.165, 1.54) is 5.57 Å². The lowest BCUT2D eigenvalue weighted by Gasteiger charge is -2.58. The number of aromatic nitrogens is 1. The molecule has 222 valence electrons. The van der Waals surface area contributed by atoms with Crippen LogP contribution in [0.5, 0.6) is 0 Å². The zero-order chi connectivity index (χ0) is 29.7. The third kappa shape index (κ3) is 4.63. The van der Waals surface area contributed by atoms with Crippen molar-refractivity contribution in [2.75, 3.05) is 6.61 Å². The first-order valence-corrected chi connectivity index (χ1v) is 15.3. The zero-order valence-corrected chi connectivity index (χ0v) is 24.5. The van der Waals surface area contributed by atoms with Crippen molar-refractivity contribution in [3.8, 4) is 12.3 Å². The molecule has 1 amide bonds. The number of amides is 1. The van der Waals surface area contributed by atoms with E-state index in [9.17, 15) is 19.8 Å². The molecule has 3 saturated carbocycles. The van der Waals surface area contributed by atoms with Crippen LogP contribution in [0.2, 0.25) is 0 Å². The first-order valence-electron chi connectivity index (χ1n) is 15.3. The van der Waals surface area contributed by atoms with Gasteiger partial charge in [0.15, 0.2) is 6.61 Å². The molecule has 7 atom stereocenters. The molecule has 4 aliphatic rings. The monoisotopic (exact) mass is 571 g/mol. The molecule has 4 N–H and O–H groups in total. The van der Waals surface area contributed by atoms with E-state index < -0.39 is 23.5 Å². The number of rotatable bonds is 7. The number of nitrogens with zero attached hydrogens (tertiary/aromatic N) is 1. The van der Waals surface area contributed by atoms with Gasteiger partial charge >= 0.3 is 5.97 Å². The number of benzene rings is 1. The van der Waals surface area contributed by atoms with Crippen molar-refractivity contribution >= 4 is 28.5 Å². The van der Waals surface area contributed by atoms with Crippen molar-refractivity contribution in [2.45, 2.75) is 83.3 Å². The maximum absolute atomic E-state index is 12.6. The first-order chi connectivity index (χ1) is 20.1. The molecule has 1 heterocycles. The third-order valence-electron chi connectivity index (χ3n) is 11.5. The van der Waals surface area contributed by atoms with Crippen molar-refractivity contribution in [3.63, 3.8) is 0 Å². The first kappa shape index (κ1) is 28.5. The highest BCUT2D eigenvalue weighted by Gasteiger charge is 2.63. The normalized spacial score (nSPS) is 35.3. The van der Waals surface area contributed by atoms with E-state index in [4.69, 9.17) is 11.3 Å². The smallest absolute Gasteiger partial charge is 0.326 e. The number of aromatic amines is 1. The Morgan fingerprint density at radius 3 is 2.74 bits per heavy atom. The number of carbonyl (C=O) groups excluding carboxylic acids is 1. The van der Waals surface area contributed by atoms with Crippen molar-refractivity contribution in [1.82, 2.24) is 10.3 Å². The summed E-state index contributed by atoms with van der Waals surface area (Å²) in [4.78, 5) is 33.0. The number of H-pyrrole nitrogens is 1. The highest BCUT2D eigenvalue weighted by Crippen LogP contribution is 2.67. The number of aliphatic hydroxyl groups is 1. The molecular formula is C34H41N3O5. The predicted molar refractivity (Wildman–Crippen MR) is 160 cm³/mol. The van der Waals surface area contributed by atoms with Gasteiger partial charge in [0, 0.05) is 28.9 Å². The van der Waals surface area contributed by atoms with Crippen LogP contribution >= 0.6 is 0 Å². The average Bonchev–Trinajstić information content (AvgIpc) is 3.50. The highest BCUT2D eigenvalue weighted by molar-refractivity contribution is 5.96. The van der Waals surface area contributed by atoms with Crippen molar-refractivity contribution < 1.29 is 24.6 Å². The molecule has 2 aromatic rings. The Kier molecular flexibility index (Phi) is 7.21. The predicted octanol–water partition coefficient (Wildman–Crippen LogP) is 4.98. The van der Waals surface area contributed by atoms with Crippen LogP contribution in [0.15, 0.2) is 47.3 Å². The number of terminal acetylenes is 1. The maximum atomic E-state index is 12.6. The summed E-state index contributed by atoms with van der Waals surface area (Å²) in [6.45, 7) is 4.27. The number of fused-ring (bicyclic) bond motifs is 6. The number of aliphatic carboxylic acids is 1. The molecule has 0 saturated heterocycles. The third-order valence-corrected chi connectivity index (χ3v) is 11.5. The van der Waals surface area contributed by atoms with Gasteiger partial charge in [-0.05, 0) is 92.2 Å². The molecule has 8 nitrogen and oxygen atoms in total. The van der Waals surface area contributed by atoms with Crippen LogP contribution in [0.25, 0.3) is 10.9 Å². The second-order valence-corrected chi connectivity index (χ2v) is 13.4. The molecule has 0 bridgehead atoms. The fourth-order valence-corrected chi connectivity index (χ4v) is 9.03. The zero-order valence-electron chi connectivity index (χ0n) is 24.5. The number of para-hydroxylation sites is 1. The van der Waals surface area contributed by atoms with Gasteiger partial charge in [-0.15, -0.1) is 6.42 Å². The lowest BCUT2D eigenvalue weighted by Crippen LogP contribution is -2.54. The van der Waals surface area contributed by atoms with Crippen LogP contribution in [0.1, 0.15) is 70.8 Å². The Hall–Kier alpha value is -3.57. The summed E-state index contributed by atoms with van der Waals surface area (Å²) < 4.78 is 0. The minimum atomic E-state index is -1.10. The number of hydrogen-bond donors (Lipinski definition) is 4. The second-order valence-electron chi connectivity index (χ2n) is 13.4. The molecule has 42 heavy (non-hydrogen) atoms. The fraction of sp³-hybridized carbons (Fsp3) is 0.559. The lowest BCUT2D eigenvalue weighted by molar-refractivity contribution is -0.142. The number of hydrogen-bond acceptors (Lipinski definition) is 5. The summed E-state index contributed by atoms with van der Waals surface area (Å²) in [5, 5.41) is 28.8. The van der Waals surface area contributed by atoms with E-state index in [2.05, 4.69) is 41.3 Å². The van der Waals surface area contributed by atoms with Gasteiger partial charge in [0.1, 0.15) is 11.6 Å². The van der Waals surface area contributed by atoms with Gasteiger partial charge in [-0.1, -0.05) is 48.7 Å². The standard InChI is InChI=1S/C34H41N3O5/c1-4-34(41)16-13-27-25-10-9-22-18-23(11-14-32(22,2)26(25)12-15-33(27,34)3)37-42-20-30(38)36-29(31(39)40)17-21-19-35-28-8-6-5-7-24(21)28/h1,5-8,18-19,25-27,29,35,41H,9-17,20H2,2-3H3,(H,36,38)(H,39,40)/b37-23-/t25-,26-,27-,29+,32+,33+,34-/m1/s1. The van der Waals surface area contributed by atoms with Crippen LogP contribution < -0.4 is 5.32 Å². The number of carboxylic acids is 1. The number of nitrogens with one attached hydrogen (secondary N) is 2. The SMILES string of the molecule is C#C[C@@]1(O)CC[C@@H]2[C@@H]3CCC4=C/C(=N\OCC(=O)N[C@@H](Cc5c[nH]c6ccccc56)C(=O)O)CC[C@]4(C)[C@@H]3CC[C@@]21C. The molecular weight excluding hydrogens is 530 g/mol. The largest absolute Gasteiger partial charge is 0.480 e. The fourth-order valence-electron chi connectivity index (χ4n) is 9.03. The van der Waals surface area contributed by atoms with E-state index >= 15 is 0 Å². The Bertz CT molecular complexity index is 1500. The minimum Gasteiger partial charge on any atom is -0.480 e. The molecule has 1 aromatic carbocycles. The van der Waals surface area contributed by atoms with E-state index in [1.54, 1.807) is 6.20 Å². The van der Waals surface area contributed by atoms with Gasteiger partial charge in [-0.2, -0.15) is 0 Å². The molecule has 0 spiro atoms. The van der Waals surface area contributed by atoms with Gasteiger partial charge in [-0.25, -0.2) is 4.79 Å². The lowest BCUT2D eigenvalue weighted by atomic mass is 9.46. The highest BCUT2D eigenvalue weighted by atomic mass is 16.6. The summed E-state index contributed by atoms with van der Waals surface area (Å²) in [5.74, 6) is 2.73. The molecule has 4 aliphatic carbocycles. The van der Waals surface area contributed by atoms with Crippen LogP contribution in [-0.2, 0) is 20.8 Å². The van der Waals surface area contributed by atoms with Crippen LogP contribution in [0.4, 0.5) is 0 Å². The minimum absolute atomic E-state index is 0.0919. The summed E-state index contributed by atoms with van der Waals surface area (Å²) >= 11 is 0. The summed E-state index contributed by atoms with van der Waals surface area (Å²) in [5.41, 5.74) is 2.88. The van der Waals surface area contributed by atoms with E-state index in [-0.39, 0.29) is 23.9 Å². The van der Waals surface area contributed by atoms with Crippen molar-refractivity contribution in [1.29, 1.82) is 0 Å². The number of carboxylic acid groups (broad SMARTS) is 1. The molecule has 0 aliphatic heterocycles. The average molecular weight is 572 g/mol. The van der Waals surface area contributed by atoms with Crippen molar-refractivity contribution in [3.05, 3.63) is 47.7 Å². The Balaban J connectivity index is 1.07. The van der Waals surface area contributed by atoms with Gasteiger partial charge in [0.25, 0.3) is 5.91 Å². The van der Waals surface area contributed by atoms with E-state index in [1.807, 2.05) is 24.3 Å². The van der Waals surface area contributed by atoms with E-state index in [0.29, 0.717) is 24.2 Å². The Labute approximate surface area is 247 Å². The maximum Gasteiger partial charge on any atom is 0.326 e. The molecule has 3 fully saturated rings. The summed E-state index contributed by atoms with van der Waals surface area (Å²) in [7, 11) is 0. The van der Waals surface area contributed by atoms with Gasteiger partial charge in [-0.3, -0.25) is 4.79 Å². The summed E-state index contributed by atoms with van der Waals surface area (Å²) in [6.07, 6.45) is 17.5. The Morgan fingerprint density at radius 1 is 1.17 bits per heavy atom. The number of oxime groups is 1. The van der Waals surface area contributed by atoms with Crippen molar-refractivity contribution in [2.24, 2.45) is 33.7 Å². The molecule has 0 radical (unpaired) electrons.